The number of methoxy groups -OCH3 is 1. The van der Waals surface area contributed by atoms with Crippen LogP contribution in [0, 0.1) is 0 Å². The minimum atomic E-state index is -0.395. The standard InChI is InChI=1S/C19H23N3O4/c1-4-26-19(24)18-15-12-22(10-9-16(15)20-21(18)2)17(23)11-13-5-7-14(25-3)8-6-13/h5-8H,4,9-12H2,1-3H3. The second-order valence-corrected chi connectivity index (χ2v) is 6.21. The van der Waals surface area contributed by atoms with E-state index in [9.17, 15) is 9.59 Å². The molecule has 1 aromatic heterocycles. The highest BCUT2D eigenvalue weighted by Gasteiger charge is 2.29. The predicted octanol–water partition coefficient (Wildman–Crippen LogP) is 1.73. The second-order valence-electron chi connectivity index (χ2n) is 6.21. The van der Waals surface area contributed by atoms with Gasteiger partial charge in [-0.25, -0.2) is 4.79 Å². The molecule has 7 heteroatoms. The summed E-state index contributed by atoms with van der Waals surface area (Å²) in [6, 6.07) is 7.47. The summed E-state index contributed by atoms with van der Waals surface area (Å²) in [6.07, 6.45) is 0.950. The molecule has 0 N–H and O–H groups in total. The molecule has 7 nitrogen and oxygen atoms in total. The number of esters is 1. The van der Waals surface area contributed by atoms with Gasteiger partial charge in [-0.15, -0.1) is 0 Å². The molecule has 0 fully saturated rings. The average molecular weight is 357 g/mol. The summed E-state index contributed by atoms with van der Waals surface area (Å²) in [5, 5.41) is 4.42. The summed E-state index contributed by atoms with van der Waals surface area (Å²) >= 11 is 0. The Kier molecular flexibility index (Phi) is 5.25. The van der Waals surface area contributed by atoms with Gasteiger partial charge in [-0.1, -0.05) is 12.1 Å². The molecule has 1 amide bonds. The molecule has 0 atom stereocenters. The third-order valence-corrected chi connectivity index (χ3v) is 4.53. The van der Waals surface area contributed by atoms with Crippen molar-refractivity contribution in [3.63, 3.8) is 0 Å². The first-order chi connectivity index (χ1) is 12.5. The molecule has 0 radical (unpaired) electrons. The molecule has 3 rings (SSSR count). The van der Waals surface area contributed by atoms with E-state index in [-0.39, 0.29) is 5.91 Å². The van der Waals surface area contributed by atoms with E-state index in [2.05, 4.69) is 5.10 Å². The van der Waals surface area contributed by atoms with E-state index in [4.69, 9.17) is 9.47 Å². The Morgan fingerprint density at radius 1 is 1.23 bits per heavy atom. The molecule has 0 saturated carbocycles. The van der Waals surface area contributed by atoms with Crippen LogP contribution in [0.2, 0.25) is 0 Å². The molecule has 0 saturated heterocycles. The smallest absolute Gasteiger partial charge is 0.356 e. The molecule has 0 aliphatic carbocycles. The minimum absolute atomic E-state index is 0.0273. The Balaban J connectivity index is 1.74. The number of benzene rings is 1. The number of rotatable bonds is 5. The minimum Gasteiger partial charge on any atom is -0.497 e. The molecule has 138 valence electrons. The molecule has 1 aliphatic heterocycles. The van der Waals surface area contributed by atoms with Crippen molar-refractivity contribution < 1.29 is 19.1 Å². The lowest BCUT2D eigenvalue weighted by molar-refractivity contribution is -0.131. The van der Waals surface area contributed by atoms with Crippen LogP contribution in [-0.2, 0) is 36.0 Å². The van der Waals surface area contributed by atoms with Gasteiger partial charge in [0.1, 0.15) is 5.75 Å². The van der Waals surface area contributed by atoms with Gasteiger partial charge in [0.2, 0.25) is 5.91 Å². The van der Waals surface area contributed by atoms with E-state index < -0.39 is 5.97 Å². The summed E-state index contributed by atoms with van der Waals surface area (Å²) in [7, 11) is 3.34. The highest BCUT2D eigenvalue weighted by molar-refractivity contribution is 5.90. The van der Waals surface area contributed by atoms with Crippen LogP contribution in [0.4, 0.5) is 0 Å². The molecule has 0 bridgehead atoms. The van der Waals surface area contributed by atoms with Crippen LogP contribution in [0.25, 0.3) is 0 Å². The van der Waals surface area contributed by atoms with Crippen LogP contribution in [0.3, 0.4) is 0 Å². The van der Waals surface area contributed by atoms with Crippen LogP contribution >= 0.6 is 0 Å². The summed E-state index contributed by atoms with van der Waals surface area (Å²) in [5.41, 5.74) is 3.02. The number of ether oxygens (including phenoxy) is 2. The number of amides is 1. The Labute approximate surface area is 152 Å². The van der Waals surface area contributed by atoms with Crippen LogP contribution in [-0.4, -0.2) is 46.8 Å². The third-order valence-electron chi connectivity index (χ3n) is 4.53. The molecule has 1 aliphatic rings. The van der Waals surface area contributed by atoms with E-state index in [1.807, 2.05) is 24.3 Å². The number of carbonyl (C=O) groups is 2. The normalized spacial score (nSPS) is 13.3. The highest BCUT2D eigenvalue weighted by atomic mass is 16.5. The Hall–Kier alpha value is -2.83. The number of hydrogen-bond acceptors (Lipinski definition) is 5. The van der Waals surface area contributed by atoms with Crippen molar-refractivity contribution in [3.8, 4) is 5.75 Å². The lowest BCUT2D eigenvalue weighted by Gasteiger charge is -2.27. The fourth-order valence-corrected chi connectivity index (χ4v) is 3.20. The summed E-state index contributed by atoms with van der Waals surface area (Å²) in [6.45, 7) is 3.05. The molecule has 2 aromatic rings. The largest absolute Gasteiger partial charge is 0.497 e. The third kappa shape index (κ3) is 3.56. The molecule has 1 aromatic carbocycles. The van der Waals surface area contributed by atoms with Crippen molar-refractivity contribution in [2.75, 3.05) is 20.3 Å². The Bertz CT molecular complexity index is 811. The van der Waals surface area contributed by atoms with Crippen molar-refractivity contribution >= 4 is 11.9 Å². The van der Waals surface area contributed by atoms with Crippen molar-refractivity contribution in [2.24, 2.45) is 7.05 Å². The SMILES string of the molecule is CCOC(=O)c1c2c(nn1C)CCN(C(=O)Cc1ccc(OC)cc1)C2. The zero-order valence-electron chi connectivity index (χ0n) is 15.3. The van der Waals surface area contributed by atoms with Crippen LogP contribution in [0.1, 0.15) is 34.2 Å². The number of aromatic nitrogens is 2. The van der Waals surface area contributed by atoms with Crippen LogP contribution in [0.5, 0.6) is 5.75 Å². The van der Waals surface area contributed by atoms with Crippen LogP contribution < -0.4 is 4.74 Å². The van der Waals surface area contributed by atoms with Gasteiger partial charge in [0.05, 0.1) is 25.8 Å². The lowest BCUT2D eigenvalue weighted by Crippen LogP contribution is -2.37. The predicted molar refractivity (Wildman–Crippen MR) is 95.0 cm³/mol. The summed E-state index contributed by atoms with van der Waals surface area (Å²) < 4.78 is 11.8. The lowest BCUT2D eigenvalue weighted by atomic mass is 10.0. The van der Waals surface area contributed by atoms with E-state index in [1.165, 1.54) is 0 Å². The number of hydrogen-bond donors (Lipinski definition) is 0. The van der Waals surface area contributed by atoms with Gasteiger partial charge in [0, 0.05) is 32.1 Å². The van der Waals surface area contributed by atoms with Gasteiger partial charge in [-0.2, -0.15) is 5.10 Å². The van der Waals surface area contributed by atoms with Crippen molar-refractivity contribution in [3.05, 3.63) is 46.8 Å². The van der Waals surface area contributed by atoms with Gasteiger partial charge in [0.25, 0.3) is 0 Å². The summed E-state index contributed by atoms with van der Waals surface area (Å²) in [5.74, 6) is 0.394. The molecule has 0 spiro atoms. The average Bonchev–Trinajstić information content (AvgIpc) is 2.97. The van der Waals surface area contributed by atoms with E-state index in [1.54, 1.807) is 30.7 Å². The Morgan fingerprint density at radius 3 is 2.62 bits per heavy atom. The van der Waals surface area contributed by atoms with E-state index >= 15 is 0 Å². The van der Waals surface area contributed by atoms with Crippen molar-refractivity contribution in [1.82, 2.24) is 14.7 Å². The maximum atomic E-state index is 12.7. The van der Waals surface area contributed by atoms with E-state index in [0.29, 0.717) is 38.2 Å². The first kappa shape index (κ1) is 18.0. The second kappa shape index (κ2) is 7.59. The first-order valence-corrected chi connectivity index (χ1v) is 8.66. The number of nitrogens with zero attached hydrogens (tertiary/aromatic N) is 3. The fourth-order valence-electron chi connectivity index (χ4n) is 3.20. The van der Waals surface area contributed by atoms with Gasteiger partial charge in [0.15, 0.2) is 5.69 Å². The number of fused-ring (bicyclic) bond motifs is 1. The van der Waals surface area contributed by atoms with Crippen LogP contribution in [0.15, 0.2) is 24.3 Å². The molecular formula is C19H23N3O4. The van der Waals surface area contributed by atoms with Gasteiger partial charge >= 0.3 is 5.97 Å². The summed E-state index contributed by atoms with van der Waals surface area (Å²) in [4.78, 5) is 26.7. The number of carbonyl (C=O) groups excluding carboxylic acids is 2. The van der Waals surface area contributed by atoms with Gasteiger partial charge in [-0.3, -0.25) is 9.48 Å². The van der Waals surface area contributed by atoms with E-state index in [0.717, 1.165) is 22.6 Å². The number of aryl methyl sites for hydroxylation is 1. The Morgan fingerprint density at radius 2 is 1.96 bits per heavy atom. The molecule has 0 unspecified atom stereocenters. The monoisotopic (exact) mass is 357 g/mol. The molecular weight excluding hydrogens is 334 g/mol. The molecule has 26 heavy (non-hydrogen) atoms. The first-order valence-electron chi connectivity index (χ1n) is 8.66. The van der Waals surface area contributed by atoms with Crippen molar-refractivity contribution in [1.29, 1.82) is 0 Å². The quantitative estimate of drug-likeness (QED) is 0.762. The fraction of sp³-hybridized carbons (Fsp3) is 0.421. The maximum absolute atomic E-state index is 12.7. The van der Waals surface area contributed by atoms with Gasteiger partial charge in [-0.05, 0) is 24.6 Å². The van der Waals surface area contributed by atoms with Gasteiger partial charge < -0.3 is 14.4 Å². The zero-order valence-corrected chi connectivity index (χ0v) is 15.3. The highest BCUT2D eigenvalue weighted by Crippen LogP contribution is 2.23. The van der Waals surface area contributed by atoms with Crippen molar-refractivity contribution in [2.45, 2.75) is 26.3 Å². The maximum Gasteiger partial charge on any atom is 0.356 e. The molecule has 2 heterocycles. The topological polar surface area (TPSA) is 73.7 Å². The zero-order chi connectivity index (χ0) is 18.7.